The van der Waals surface area contributed by atoms with Crippen LogP contribution in [0.15, 0.2) is 46.9 Å². The minimum absolute atomic E-state index is 0.674. The number of hydrogen-bond donors (Lipinski definition) is 1. The van der Waals surface area contributed by atoms with Crippen molar-refractivity contribution in [3.63, 3.8) is 0 Å². The SMILES string of the molecule is CNc1nc(-c2ccccc2)nc2c(OC)cc(Br)cc12. The van der Waals surface area contributed by atoms with Gasteiger partial charge in [0.25, 0.3) is 0 Å². The first-order valence-electron chi connectivity index (χ1n) is 6.51. The molecule has 5 heteroatoms. The fourth-order valence-corrected chi connectivity index (χ4v) is 2.67. The second-order valence-corrected chi connectivity index (χ2v) is 5.43. The van der Waals surface area contributed by atoms with Crippen molar-refractivity contribution in [2.24, 2.45) is 0 Å². The zero-order valence-electron chi connectivity index (χ0n) is 11.7. The molecule has 21 heavy (non-hydrogen) atoms. The van der Waals surface area contributed by atoms with Crippen molar-refractivity contribution >= 4 is 32.7 Å². The van der Waals surface area contributed by atoms with Gasteiger partial charge in [-0.15, -0.1) is 0 Å². The third kappa shape index (κ3) is 2.56. The maximum absolute atomic E-state index is 5.45. The average Bonchev–Trinajstić information content (AvgIpc) is 2.54. The molecule has 0 saturated carbocycles. The Morgan fingerprint density at radius 3 is 2.52 bits per heavy atom. The van der Waals surface area contributed by atoms with Gasteiger partial charge in [-0.25, -0.2) is 9.97 Å². The van der Waals surface area contributed by atoms with E-state index in [-0.39, 0.29) is 0 Å². The molecule has 0 aliphatic carbocycles. The molecule has 3 aromatic rings. The topological polar surface area (TPSA) is 47.0 Å². The van der Waals surface area contributed by atoms with Crippen molar-refractivity contribution in [1.29, 1.82) is 0 Å². The summed E-state index contributed by atoms with van der Waals surface area (Å²) in [5.41, 5.74) is 1.76. The maximum Gasteiger partial charge on any atom is 0.162 e. The van der Waals surface area contributed by atoms with Crippen molar-refractivity contribution in [3.05, 3.63) is 46.9 Å². The summed E-state index contributed by atoms with van der Waals surface area (Å²) in [4.78, 5) is 9.28. The van der Waals surface area contributed by atoms with Gasteiger partial charge in [-0.05, 0) is 12.1 Å². The zero-order valence-corrected chi connectivity index (χ0v) is 13.3. The van der Waals surface area contributed by atoms with Crippen LogP contribution < -0.4 is 10.1 Å². The van der Waals surface area contributed by atoms with E-state index in [1.807, 2.05) is 49.5 Å². The van der Waals surface area contributed by atoms with Gasteiger partial charge in [-0.2, -0.15) is 0 Å². The molecule has 2 aromatic carbocycles. The summed E-state index contributed by atoms with van der Waals surface area (Å²) in [6, 6.07) is 13.8. The Balaban J connectivity index is 2.33. The number of ether oxygens (including phenoxy) is 1. The average molecular weight is 344 g/mol. The van der Waals surface area contributed by atoms with Gasteiger partial charge < -0.3 is 10.1 Å². The van der Waals surface area contributed by atoms with Gasteiger partial charge in [0.05, 0.1) is 7.11 Å². The number of methoxy groups -OCH3 is 1. The summed E-state index contributed by atoms with van der Waals surface area (Å²) in [5, 5.41) is 4.05. The van der Waals surface area contributed by atoms with Crippen molar-refractivity contribution in [3.8, 4) is 17.1 Å². The molecule has 0 unspecified atom stereocenters. The van der Waals surface area contributed by atoms with E-state index in [0.29, 0.717) is 5.82 Å². The van der Waals surface area contributed by atoms with Crippen LogP contribution in [0.2, 0.25) is 0 Å². The molecule has 0 bridgehead atoms. The van der Waals surface area contributed by atoms with Crippen LogP contribution in [0.1, 0.15) is 0 Å². The van der Waals surface area contributed by atoms with E-state index in [9.17, 15) is 0 Å². The molecule has 0 aliphatic rings. The Hall–Kier alpha value is -2.14. The van der Waals surface area contributed by atoms with Crippen LogP contribution in [0.25, 0.3) is 22.3 Å². The first kappa shape index (κ1) is 13.8. The summed E-state index contributed by atoms with van der Waals surface area (Å²) < 4.78 is 6.38. The molecule has 106 valence electrons. The predicted molar refractivity (Wildman–Crippen MR) is 88.8 cm³/mol. The Morgan fingerprint density at radius 2 is 1.86 bits per heavy atom. The number of nitrogens with zero attached hydrogens (tertiary/aromatic N) is 2. The molecular formula is C16H14BrN3O. The summed E-state index contributed by atoms with van der Waals surface area (Å²) in [6.07, 6.45) is 0. The quantitative estimate of drug-likeness (QED) is 0.777. The molecule has 0 fully saturated rings. The molecule has 0 aliphatic heterocycles. The smallest absolute Gasteiger partial charge is 0.162 e. The Kier molecular flexibility index (Phi) is 3.75. The lowest BCUT2D eigenvalue weighted by Crippen LogP contribution is -2.00. The Labute approximate surface area is 131 Å². The number of anilines is 1. The minimum Gasteiger partial charge on any atom is -0.494 e. The molecule has 0 radical (unpaired) electrons. The number of rotatable bonds is 3. The van der Waals surface area contributed by atoms with Crippen LogP contribution >= 0.6 is 15.9 Å². The highest BCUT2D eigenvalue weighted by Gasteiger charge is 2.13. The third-order valence-corrected chi connectivity index (χ3v) is 3.68. The number of fused-ring (bicyclic) bond motifs is 1. The minimum atomic E-state index is 0.674. The van der Waals surface area contributed by atoms with Gasteiger partial charge >= 0.3 is 0 Å². The lowest BCUT2D eigenvalue weighted by molar-refractivity contribution is 0.418. The van der Waals surface area contributed by atoms with Crippen LogP contribution in [0, 0.1) is 0 Å². The standard InChI is InChI=1S/C16H14BrN3O/c1-18-16-12-8-11(17)9-13(21-2)14(12)19-15(20-16)10-6-4-3-5-7-10/h3-9H,1-2H3,(H,18,19,20). The monoisotopic (exact) mass is 343 g/mol. The van der Waals surface area contributed by atoms with Gasteiger partial charge in [0.2, 0.25) is 0 Å². The summed E-state index contributed by atoms with van der Waals surface area (Å²) in [5.74, 6) is 2.17. The number of hydrogen-bond acceptors (Lipinski definition) is 4. The molecule has 0 spiro atoms. The predicted octanol–water partition coefficient (Wildman–Crippen LogP) is 4.11. The number of nitrogens with one attached hydrogen (secondary N) is 1. The van der Waals surface area contributed by atoms with Gasteiger partial charge in [-0.1, -0.05) is 46.3 Å². The maximum atomic E-state index is 5.45. The molecule has 0 saturated heterocycles. The van der Waals surface area contributed by atoms with E-state index in [0.717, 1.165) is 32.5 Å². The summed E-state index contributed by atoms with van der Waals surface area (Å²) in [6.45, 7) is 0. The van der Waals surface area contributed by atoms with E-state index in [2.05, 4.69) is 31.2 Å². The van der Waals surface area contributed by atoms with Gasteiger partial charge in [-0.3, -0.25) is 0 Å². The van der Waals surface area contributed by atoms with Gasteiger partial charge in [0, 0.05) is 22.5 Å². The number of halogens is 1. The molecule has 3 rings (SSSR count). The van der Waals surface area contributed by atoms with Crippen molar-refractivity contribution in [2.75, 3.05) is 19.5 Å². The second-order valence-electron chi connectivity index (χ2n) is 4.52. The fourth-order valence-electron chi connectivity index (χ4n) is 2.23. The summed E-state index contributed by atoms with van der Waals surface area (Å²) in [7, 11) is 3.49. The van der Waals surface area contributed by atoms with Crippen molar-refractivity contribution in [1.82, 2.24) is 9.97 Å². The van der Waals surface area contributed by atoms with Gasteiger partial charge in [0.1, 0.15) is 17.1 Å². The van der Waals surface area contributed by atoms with Crippen LogP contribution in [0.4, 0.5) is 5.82 Å². The third-order valence-electron chi connectivity index (χ3n) is 3.22. The molecule has 1 heterocycles. The first-order chi connectivity index (χ1) is 10.2. The normalized spacial score (nSPS) is 10.6. The van der Waals surface area contributed by atoms with Crippen LogP contribution in [0.3, 0.4) is 0 Å². The van der Waals surface area contributed by atoms with Crippen LogP contribution in [-0.4, -0.2) is 24.1 Å². The number of benzene rings is 2. The van der Waals surface area contributed by atoms with E-state index >= 15 is 0 Å². The molecule has 1 N–H and O–H groups in total. The van der Waals surface area contributed by atoms with Crippen LogP contribution in [-0.2, 0) is 0 Å². The van der Waals surface area contributed by atoms with E-state index < -0.39 is 0 Å². The Bertz CT molecular complexity index is 790. The second kappa shape index (κ2) is 5.69. The van der Waals surface area contributed by atoms with E-state index in [4.69, 9.17) is 4.74 Å². The lowest BCUT2D eigenvalue weighted by atomic mass is 10.1. The van der Waals surface area contributed by atoms with Crippen LogP contribution in [0.5, 0.6) is 5.75 Å². The molecule has 0 amide bonds. The molecular weight excluding hydrogens is 330 g/mol. The van der Waals surface area contributed by atoms with Crippen molar-refractivity contribution < 1.29 is 4.74 Å². The summed E-state index contributed by atoms with van der Waals surface area (Å²) >= 11 is 3.49. The highest BCUT2D eigenvalue weighted by atomic mass is 79.9. The molecule has 4 nitrogen and oxygen atoms in total. The molecule has 0 atom stereocenters. The number of aromatic nitrogens is 2. The highest BCUT2D eigenvalue weighted by Crippen LogP contribution is 2.33. The van der Waals surface area contributed by atoms with E-state index in [1.165, 1.54) is 0 Å². The van der Waals surface area contributed by atoms with Gasteiger partial charge in [0.15, 0.2) is 5.82 Å². The van der Waals surface area contributed by atoms with Crippen molar-refractivity contribution in [2.45, 2.75) is 0 Å². The Morgan fingerprint density at radius 1 is 1.10 bits per heavy atom. The molecule has 1 aromatic heterocycles. The zero-order chi connectivity index (χ0) is 14.8. The lowest BCUT2D eigenvalue weighted by Gasteiger charge is -2.11. The highest BCUT2D eigenvalue weighted by molar-refractivity contribution is 9.10. The fraction of sp³-hybridized carbons (Fsp3) is 0.125. The van der Waals surface area contributed by atoms with E-state index in [1.54, 1.807) is 7.11 Å². The first-order valence-corrected chi connectivity index (χ1v) is 7.30. The largest absolute Gasteiger partial charge is 0.494 e.